The van der Waals surface area contributed by atoms with Crippen LogP contribution in [0.5, 0.6) is 0 Å². The van der Waals surface area contributed by atoms with Gasteiger partial charge in [0.1, 0.15) is 0 Å². The highest BCUT2D eigenvalue weighted by Gasteiger charge is 2.15. The van der Waals surface area contributed by atoms with Gasteiger partial charge in [-0.05, 0) is 13.1 Å². The molecule has 0 spiro atoms. The molecule has 4 nitrogen and oxygen atoms in total. The summed E-state index contributed by atoms with van der Waals surface area (Å²) in [6.07, 6.45) is 3.58. The van der Waals surface area contributed by atoms with E-state index in [1.165, 1.54) is 0 Å². The maximum atomic E-state index is 4.22. The number of hydrogen-bond donors (Lipinski definition) is 0. The molecule has 0 N–H and O–H groups in total. The molecule has 0 radical (unpaired) electrons. The summed E-state index contributed by atoms with van der Waals surface area (Å²) in [5, 5.41) is 0. The average Bonchev–Trinajstić information content (AvgIpc) is 2.45. The summed E-state index contributed by atoms with van der Waals surface area (Å²) in [5.41, 5.74) is 0. The van der Waals surface area contributed by atoms with Crippen LogP contribution in [-0.2, 0) is 0 Å². The van der Waals surface area contributed by atoms with Gasteiger partial charge in [0.2, 0.25) is 5.95 Å². The topological polar surface area (TPSA) is 32.3 Å². The zero-order chi connectivity index (χ0) is 13.1. The number of aromatic nitrogens is 2. The van der Waals surface area contributed by atoms with Crippen LogP contribution >= 0.6 is 0 Å². The predicted molar refractivity (Wildman–Crippen MR) is 74.4 cm³/mol. The molecule has 1 fully saturated rings. The second-order valence-electron chi connectivity index (χ2n) is 3.34. The molecule has 2 heterocycles. The first-order chi connectivity index (χ1) is 8.36. The first kappa shape index (κ1) is 15.8. The van der Waals surface area contributed by atoms with Crippen LogP contribution < -0.4 is 4.90 Å². The standard InChI is InChI=1S/C9H14N4.2C2H6/c1-12-5-7-13(8-6-12)9-10-3-2-4-11-9;2*1-2/h2-4H,5-8H2,1H3;2*1-2H3. The smallest absolute Gasteiger partial charge is 0.225 e. The van der Waals surface area contributed by atoms with Gasteiger partial charge in [-0.25, -0.2) is 9.97 Å². The van der Waals surface area contributed by atoms with E-state index in [1.807, 2.05) is 33.8 Å². The molecule has 0 unspecified atom stereocenters. The van der Waals surface area contributed by atoms with E-state index in [2.05, 4.69) is 26.8 Å². The summed E-state index contributed by atoms with van der Waals surface area (Å²) < 4.78 is 0. The molecule has 0 saturated carbocycles. The summed E-state index contributed by atoms with van der Waals surface area (Å²) >= 11 is 0. The Kier molecular flexibility index (Phi) is 9.34. The van der Waals surface area contributed by atoms with Gasteiger partial charge in [-0.15, -0.1) is 0 Å². The fraction of sp³-hybridized carbons (Fsp3) is 0.692. The third-order valence-electron chi connectivity index (χ3n) is 2.34. The van der Waals surface area contributed by atoms with Gasteiger partial charge in [0, 0.05) is 38.6 Å². The lowest BCUT2D eigenvalue weighted by Gasteiger charge is -2.32. The van der Waals surface area contributed by atoms with Crippen LogP contribution in [0.1, 0.15) is 27.7 Å². The van der Waals surface area contributed by atoms with Crippen molar-refractivity contribution in [2.75, 3.05) is 38.1 Å². The number of nitrogens with zero attached hydrogens (tertiary/aromatic N) is 4. The molecule has 1 aliphatic heterocycles. The van der Waals surface area contributed by atoms with Crippen molar-refractivity contribution in [3.63, 3.8) is 0 Å². The van der Waals surface area contributed by atoms with Crippen LogP contribution in [0.4, 0.5) is 5.95 Å². The summed E-state index contributed by atoms with van der Waals surface area (Å²) in [5.74, 6) is 0.857. The van der Waals surface area contributed by atoms with Crippen molar-refractivity contribution in [1.29, 1.82) is 0 Å². The highest BCUT2D eigenvalue weighted by molar-refractivity contribution is 5.28. The van der Waals surface area contributed by atoms with Gasteiger partial charge < -0.3 is 9.80 Å². The average molecular weight is 238 g/mol. The number of hydrogen-bond acceptors (Lipinski definition) is 4. The van der Waals surface area contributed by atoms with Crippen molar-refractivity contribution >= 4 is 5.95 Å². The Morgan fingerprint density at radius 2 is 1.35 bits per heavy atom. The van der Waals surface area contributed by atoms with Crippen LogP contribution in [0.25, 0.3) is 0 Å². The first-order valence-corrected chi connectivity index (χ1v) is 6.57. The minimum atomic E-state index is 0.857. The van der Waals surface area contributed by atoms with Gasteiger partial charge in [0.25, 0.3) is 0 Å². The number of anilines is 1. The van der Waals surface area contributed by atoms with E-state index in [1.54, 1.807) is 12.4 Å². The fourth-order valence-corrected chi connectivity index (χ4v) is 1.46. The lowest BCUT2D eigenvalue weighted by molar-refractivity contribution is 0.311. The Balaban J connectivity index is 0.000000581. The van der Waals surface area contributed by atoms with E-state index in [-0.39, 0.29) is 0 Å². The molecule has 0 aliphatic carbocycles. The van der Waals surface area contributed by atoms with Crippen LogP contribution in [-0.4, -0.2) is 48.1 Å². The monoisotopic (exact) mass is 238 g/mol. The molecule has 1 saturated heterocycles. The van der Waals surface area contributed by atoms with Gasteiger partial charge in [-0.1, -0.05) is 27.7 Å². The van der Waals surface area contributed by atoms with E-state index in [9.17, 15) is 0 Å². The molecule has 1 aromatic rings. The predicted octanol–water partition coefficient (Wildman–Crippen LogP) is 2.28. The van der Waals surface area contributed by atoms with Gasteiger partial charge in [-0.2, -0.15) is 0 Å². The van der Waals surface area contributed by atoms with Gasteiger partial charge >= 0.3 is 0 Å². The zero-order valence-corrected chi connectivity index (χ0v) is 11.8. The van der Waals surface area contributed by atoms with Gasteiger partial charge in [-0.3, -0.25) is 0 Å². The lowest BCUT2D eigenvalue weighted by atomic mass is 10.3. The second kappa shape index (κ2) is 10.0. The maximum Gasteiger partial charge on any atom is 0.225 e. The maximum absolute atomic E-state index is 4.22. The molecule has 0 atom stereocenters. The van der Waals surface area contributed by atoms with Gasteiger partial charge in [0.15, 0.2) is 0 Å². The highest BCUT2D eigenvalue weighted by atomic mass is 15.3. The summed E-state index contributed by atoms with van der Waals surface area (Å²) in [6, 6.07) is 1.85. The van der Waals surface area contributed by atoms with Crippen molar-refractivity contribution in [2.45, 2.75) is 27.7 Å². The molecule has 0 aromatic carbocycles. The molecule has 1 aliphatic rings. The first-order valence-electron chi connectivity index (χ1n) is 6.57. The van der Waals surface area contributed by atoms with E-state index in [0.717, 1.165) is 32.1 Å². The zero-order valence-electron chi connectivity index (χ0n) is 11.8. The van der Waals surface area contributed by atoms with E-state index < -0.39 is 0 Å². The van der Waals surface area contributed by atoms with Crippen LogP contribution in [0.3, 0.4) is 0 Å². The number of likely N-dealkylation sites (N-methyl/N-ethyl adjacent to an activating group) is 1. The fourth-order valence-electron chi connectivity index (χ4n) is 1.46. The molecular formula is C13H26N4. The van der Waals surface area contributed by atoms with Crippen LogP contribution in [0.15, 0.2) is 18.5 Å². The van der Waals surface area contributed by atoms with E-state index in [0.29, 0.717) is 0 Å². The molecular weight excluding hydrogens is 212 g/mol. The molecule has 2 rings (SSSR count). The Morgan fingerprint density at radius 3 is 1.82 bits per heavy atom. The molecule has 0 amide bonds. The normalized spacial score (nSPS) is 15.2. The molecule has 17 heavy (non-hydrogen) atoms. The SMILES string of the molecule is CC.CC.CN1CCN(c2ncccn2)CC1. The van der Waals surface area contributed by atoms with Crippen molar-refractivity contribution in [3.05, 3.63) is 18.5 Å². The van der Waals surface area contributed by atoms with Gasteiger partial charge in [0.05, 0.1) is 0 Å². The summed E-state index contributed by atoms with van der Waals surface area (Å²) in [7, 11) is 2.14. The molecule has 1 aromatic heterocycles. The molecule has 98 valence electrons. The van der Waals surface area contributed by atoms with E-state index >= 15 is 0 Å². The lowest BCUT2D eigenvalue weighted by Crippen LogP contribution is -2.45. The Hall–Kier alpha value is -1.16. The number of piperazine rings is 1. The van der Waals surface area contributed by atoms with Crippen molar-refractivity contribution in [2.24, 2.45) is 0 Å². The van der Waals surface area contributed by atoms with Crippen LogP contribution in [0, 0.1) is 0 Å². The third-order valence-corrected chi connectivity index (χ3v) is 2.34. The molecule has 4 heteroatoms. The summed E-state index contributed by atoms with van der Waals surface area (Å²) in [4.78, 5) is 13.0. The Morgan fingerprint density at radius 1 is 0.882 bits per heavy atom. The molecule has 0 bridgehead atoms. The minimum Gasteiger partial charge on any atom is -0.338 e. The Bertz CT molecular complexity index is 255. The second-order valence-corrected chi connectivity index (χ2v) is 3.34. The van der Waals surface area contributed by atoms with Crippen molar-refractivity contribution in [3.8, 4) is 0 Å². The minimum absolute atomic E-state index is 0.857. The number of rotatable bonds is 1. The van der Waals surface area contributed by atoms with Crippen LogP contribution in [0.2, 0.25) is 0 Å². The van der Waals surface area contributed by atoms with Crippen molar-refractivity contribution < 1.29 is 0 Å². The van der Waals surface area contributed by atoms with E-state index in [4.69, 9.17) is 0 Å². The largest absolute Gasteiger partial charge is 0.338 e. The quantitative estimate of drug-likeness (QED) is 0.751. The third kappa shape index (κ3) is 5.63. The summed E-state index contributed by atoms with van der Waals surface area (Å²) in [6.45, 7) is 12.2. The van der Waals surface area contributed by atoms with Crippen molar-refractivity contribution in [1.82, 2.24) is 14.9 Å². The Labute approximate surface area is 106 Å². The highest BCUT2D eigenvalue weighted by Crippen LogP contribution is 2.07.